The number of hydrogen-bond donors (Lipinski definition) is 3. The number of hydrogen-bond acceptors (Lipinski definition) is 14. The number of rotatable bonds is 16. The van der Waals surface area contributed by atoms with E-state index in [4.69, 9.17) is 9.47 Å². The first kappa shape index (κ1) is 50.6. The summed E-state index contributed by atoms with van der Waals surface area (Å²) in [4.78, 5) is 85.5. The number of ether oxygens (including phenoxy) is 2. The van der Waals surface area contributed by atoms with Gasteiger partial charge in [0.25, 0.3) is 11.8 Å². The molecule has 0 fully saturated rings. The van der Waals surface area contributed by atoms with Crippen molar-refractivity contribution in [3.8, 4) is 34.3 Å². The van der Waals surface area contributed by atoms with E-state index in [1.165, 1.54) is 31.6 Å². The van der Waals surface area contributed by atoms with Crippen molar-refractivity contribution in [3.63, 3.8) is 0 Å². The van der Waals surface area contributed by atoms with Crippen LogP contribution in [0.1, 0.15) is 85.7 Å². The summed E-state index contributed by atoms with van der Waals surface area (Å²) >= 11 is 0. The van der Waals surface area contributed by atoms with E-state index in [1.807, 2.05) is 13.8 Å². The maximum atomic E-state index is 14.8. The SMILES string of the molecule is CCNC(=O)Cc1ncc(Cc2nc(-c3c(F)cccc3F)nc3c2C(=O)N(Cc2ccc(OC)cc2OC)C3)cn1.CCNC(=O)Cc1ncc(Cc2nc(-c3c(F)cccc3F)nc3c2C(=O)NC3)cn1. The number of fused-ring (bicyclic) bond motifs is 2. The van der Waals surface area contributed by atoms with Crippen molar-refractivity contribution in [1.82, 2.24) is 60.7 Å². The van der Waals surface area contributed by atoms with Crippen LogP contribution in [-0.2, 0) is 54.9 Å². The number of amides is 4. The van der Waals surface area contributed by atoms with Gasteiger partial charge in [0.05, 0.1) is 91.7 Å². The van der Waals surface area contributed by atoms with Gasteiger partial charge in [-0.2, -0.15) is 0 Å². The molecule has 0 bridgehead atoms. The van der Waals surface area contributed by atoms with Crippen LogP contribution in [0.15, 0.2) is 79.4 Å². The fraction of sp³-hybridized carbons (Fsp3) is 0.255. The normalized spacial score (nSPS) is 12.4. The molecule has 374 valence electrons. The van der Waals surface area contributed by atoms with Crippen molar-refractivity contribution in [2.75, 3.05) is 27.3 Å². The number of halogens is 4. The number of aromatic nitrogens is 8. The molecule has 6 heterocycles. The Morgan fingerprint density at radius 1 is 0.644 bits per heavy atom. The first-order valence-electron chi connectivity index (χ1n) is 22.9. The van der Waals surface area contributed by atoms with Gasteiger partial charge in [-0.05, 0) is 61.4 Å². The van der Waals surface area contributed by atoms with Crippen molar-refractivity contribution in [2.24, 2.45) is 0 Å². The lowest BCUT2D eigenvalue weighted by molar-refractivity contribution is -0.121. The van der Waals surface area contributed by atoms with Crippen molar-refractivity contribution in [2.45, 2.75) is 59.2 Å². The molecule has 0 spiro atoms. The quantitative estimate of drug-likeness (QED) is 0.103. The standard InChI is InChI=1S/C30H28F2N6O4.C21H18F2N6O2/c1-4-33-26(39)12-25-34-13-17(14-35-25)10-22-28-23(37-29(36-22)27-20(31)6-5-7-21(27)32)16-38(30(28)40)15-18-8-9-19(41-2)11-24(18)42-3;1-2-24-17(30)7-16-25-8-11(9-26-16)6-14-19-15(10-27-21(19)31)29-20(28-14)18-12(22)4-3-5-13(18)23/h5-9,11,13-14H,4,10,12,15-16H2,1-3H3,(H,33,39);3-5,8-9H,2,6-7,10H2,1H3,(H,24,30)(H,27,31). The fourth-order valence-electron chi connectivity index (χ4n) is 8.07. The third kappa shape index (κ3) is 11.5. The molecule has 2 aliphatic heterocycles. The topological polar surface area (TPSA) is 229 Å². The second kappa shape index (κ2) is 22.5. The Morgan fingerprint density at radius 2 is 1.14 bits per heavy atom. The van der Waals surface area contributed by atoms with Gasteiger partial charge >= 0.3 is 0 Å². The molecular weight excluding hydrogens is 953 g/mol. The molecule has 0 atom stereocenters. The van der Waals surface area contributed by atoms with E-state index >= 15 is 0 Å². The highest BCUT2D eigenvalue weighted by Crippen LogP contribution is 2.34. The number of benzene rings is 3. The lowest BCUT2D eigenvalue weighted by atomic mass is 10.1. The lowest BCUT2D eigenvalue weighted by Gasteiger charge is -2.18. The molecule has 22 heteroatoms. The highest BCUT2D eigenvalue weighted by molar-refractivity contribution is 6.00. The molecule has 4 aromatic heterocycles. The summed E-state index contributed by atoms with van der Waals surface area (Å²) in [5.74, 6) is -2.72. The average Bonchev–Trinajstić information content (AvgIpc) is 3.90. The lowest BCUT2D eigenvalue weighted by Crippen LogP contribution is -2.25. The van der Waals surface area contributed by atoms with Crippen LogP contribution in [0.25, 0.3) is 22.8 Å². The van der Waals surface area contributed by atoms with E-state index in [-0.39, 0.29) is 109 Å². The Morgan fingerprint density at radius 3 is 1.62 bits per heavy atom. The Hall–Kier alpha value is -8.82. The molecule has 0 saturated carbocycles. The summed E-state index contributed by atoms with van der Waals surface area (Å²) in [5.41, 5.74) is 3.11. The molecule has 73 heavy (non-hydrogen) atoms. The van der Waals surface area contributed by atoms with Gasteiger partial charge in [0.2, 0.25) is 11.8 Å². The number of nitrogens with one attached hydrogen (secondary N) is 3. The molecule has 0 aliphatic carbocycles. The predicted octanol–water partition coefficient (Wildman–Crippen LogP) is 5.38. The van der Waals surface area contributed by atoms with Crippen LogP contribution in [0.2, 0.25) is 0 Å². The fourth-order valence-corrected chi connectivity index (χ4v) is 8.07. The van der Waals surface area contributed by atoms with Gasteiger partial charge in [-0.15, -0.1) is 0 Å². The molecule has 0 saturated heterocycles. The third-order valence-corrected chi connectivity index (χ3v) is 11.5. The molecule has 18 nitrogen and oxygen atoms in total. The zero-order valence-electron chi connectivity index (χ0n) is 39.9. The second-order valence-corrected chi connectivity index (χ2v) is 16.5. The van der Waals surface area contributed by atoms with Gasteiger partial charge in [0.15, 0.2) is 11.6 Å². The molecule has 0 radical (unpaired) electrons. The van der Waals surface area contributed by atoms with Crippen molar-refractivity contribution >= 4 is 23.6 Å². The van der Waals surface area contributed by atoms with Crippen LogP contribution in [0.3, 0.4) is 0 Å². The Kier molecular flexibility index (Phi) is 15.6. The second-order valence-electron chi connectivity index (χ2n) is 16.5. The van der Waals surface area contributed by atoms with E-state index < -0.39 is 23.3 Å². The molecule has 3 aromatic carbocycles. The van der Waals surface area contributed by atoms with E-state index in [2.05, 4.69) is 55.8 Å². The van der Waals surface area contributed by atoms with Crippen molar-refractivity contribution in [1.29, 1.82) is 0 Å². The molecule has 9 rings (SSSR count). The number of nitrogens with zero attached hydrogens (tertiary/aromatic N) is 9. The van der Waals surface area contributed by atoms with Gasteiger partial charge in [-0.3, -0.25) is 19.2 Å². The number of carbonyl (C=O) groups is 4. The molecule has 0 unspecified atom stereocenters. The largest absolute Gasteiger partial charge is 0.497 e. The smallest absolute Gasteiger partial charge is 0.258 e. The minimum absolute atomic E-state index is 0.0238. The van der Waals surface area contributed by atoms with Gasteiger partial charge in [-0.25, -0.2) is 57.4 Å². The molecule has 7 aromatic rings. The van der Waals surface area contributed by atoms with Gasteiger partial charge in [-0.1, -0.05) is 12.1 Å². The van der Waals surface area contributed by atoms with Crippen LogP contribution < -0.4 is 25.4 Å². The highest BCUT2D eigenvalue weighted by Gasteiger charge is 2.35. The highest BCUT2D eigenvalue weighted by atomic mass is 19.1. The van der Waals surface area contributed by atoms with Gasteiger partial charge in [0, 0.05) is 62.3 Å². The predicted molar refractivity (Wildman–Crippen MR) is 254 cm³/mol. The zero-order chi connectivity index (χ0) is 51.8. The Labute approximate surface area is 415 Å². The van der Waals surface area contributed by atoms with E-state index in [1.54, 1.807) is 42.6 Å². The summed E-state index contributed by atoms with van der Waals surface area (Å²) in [5, 5.41) is 8.02. The summed E-state index contributed by atoms with van der Waals surface area (Å²) in [6.07, 6.45) is 6.48. The Balaban J connectivity index is 0.000000204. The van der Waals surface area contributed by atoms with Crippen molar-refractivity contribution in [3.05, 3.63) is 165 Å². The van der Waals surface area contributed by atoms with E-state index in [9.17, 15) is 36.7 Å². The Bertz CT molecular complexity index is 3200. The zero-order valence-corrected chi connectivity index (χ0v) is 39.9. The number of likely N-dealkylation sites (N-methyl/N-ethyl adjacent to an activating group) is 2. The summed E-state index contributed by atoms with van der Waals surface area (Å²) in [7, 11) is 3.08. The monoisotopic (exact) mass is 998 g/mol. The number of carbonyl (C=O) groups excluding carboxylic acids is 4. The summed E-state index contributed by atoms with van der Waals surface area (Å²) in [6.45, 7) is 5.10. The summed E-state index contributed by atoms with van der Waals surface area (Å²) in [6, 6.07) is 12.3. The van der Waals surface area contributed by atoms with Gasteiger partial charge < -0.3 is 30.3 Å². The summed E-state index contributed by atoms with van der Waals surface area (Å²) < 4.78 is 68.8. The van der Waals surface area contributed by atoms with Gasteiger partial charge in [0.1, 0.15) is 46.4 Å². The molecule has 2 aliphatic rings. The van der Waals surface area contributed by atoms with Crippen LogP contribution >= 0.6 is 0 Å². The molecular formula is C51H46F4N12O6. The molecule has 4 amide bonds. The first-order valence-corrected chi connectivity index (χ1v) is 22.9. The maximum absolute atomic E-state index is 14.8. The van der Waals surface area contributed by atoms with Crippen LogP contribution in [-0.4, -0.2) is 95.7 Å². The van der Waals surface area contributed by atoms with Crippen LogP contribution in [0.5, 0.6) is 11.5 Å². The first-order chi connectivity index (χ1) is 35.3. The minimum Gasteiger partial charge on any atom is -0.497 e. The molecule has 3 N–H and O–H groups in total. The number of methoxy groups -OCH3 is 2. The van der Waals surface area contributed by atoms with Crippen molar-refractivity contribution < 1.29 is 46.2 Å². The van der Waals surface area contributed by atoms with Crippen LogP contribution in [0.4, 0.5) is 17.6 Å². The maximum Gasteiger partial charge on any atom is 0.258 e. The van der Waals surface area contributed by atoms with Crippen LogP contribution in [0, 0.1) is 23.3 Å². The van der Waals surface area contributed by atoms with E-state index in [0.717, 1.165) is 29.8 Å². The van der Waals surface area contributed by atoms with E-state index in [0.29, 0.717) is 64.4 Å². The average molecular weight is 999 g/mol. The third-order valence-electron chi connectivity index (χ3n) is 11.5. The minimum atomic E-state index is -0.817.